The predicted octanol–water partition coefficient (Wildman–Crippen LogP) is 1.45. The first kappa shape index (κ1) is 20.4. The maximum atomic E-state index is 12.5. The van der Waals surface area contributed by atoms with Crippen LogP contribution >= 0.6 is 11.6 Å². The lowest BCUT2D eigenvalue weighted by molar-refractivity contribution is 0.0665. The lowest BCUT2D eigenvalue weighted by atomic mass is 10.2. The third kappa shape index (κ3) is 4.73. The smallest absolute Gasteiger partial charge is 0.289 e. The first-order valence-electron chi connectivity index (χ1n) is 8.72. The van der Waals surface area contributed by atoms with E-state index >= 15 is 0 Å². The summed E-state index contributed by atoms with van der Waals surface area (Å²) in [5.41, 5.74) is 0.298. The molecule has 0 bridgehead atoms. The van der Waals surface area contributed by atoms with Crippen LogP contribution < -0.4 is 5.32 Å². The molecule has 1 N–H and O–H groups in total. The molecule has 8 nitrogen and oxygen atoms in total. The fraction of sp³-hybridized carbons (Fsp3) is 0.333. The highest BCUT2D eigenvalue weighted by Crippen LogP contribution is 2.15. The van der Waals surface area contributed by atoms with E-state index < -0.39 is 15.9 Å². The fourth-order valence-corrected chi connectivity index (χ4v) is 4.45. The van der Waals surface area contributed by atoms with Crippen LogP contribution in [0.2, 0.25) is 5.02 Å². The molecule has 10 heteroatoms. The SMILES string of the molecule is O=C(NCCS(=O)(=O)N1CCN(C(=O)c2ccco2)CC1)c1ccccc1Cl. The quantitative estimate of drug-likeness (QED) is 0.755. The van der Waals surface area contributed by atoms with Crippen molar-refractivity contribution in [3.8, 4) is 0 Å². The van der Waals surface area contributed by atoms with Gasteiger partial charge in [0.05, 0.1) is 22.6 Å². The minimum atomic E-state index is -3.55. The summed E-state index contributed by atoms with van der Waals surface area (Å²) in [5.74, 6) is -0.669. The molecule has 28 heavy (non-hydrogen) atoms. The van der Waals surface area contributed by atoms with Crippen molar-refractivity contribution in [1.29, 1.82) is 0 Å². The number of piperazine rings is 1. The Kier molecular flexibility index (Phi) is 6.38. The van der Waals surface area contributed by atoms with Gasteiger partial charge in [-0.3, -0.25) is 9.59 Å². The van der Waals surface area contributed by atoms with Gasteiger partial charge >= 0.3 is 0 Å². The highest BCUT2D eigenvalue weighted by atomic mass is 35.5. The molecule has 1 aliphatic heterocycles. The van der Waals surface area contributed by atoms with Crippen molar-refractivity contribution in [2.75, 3.05) is 38.5 Å². The molecule has 0 saturated carbocycles. The molecule has 2 aromatic rings. The molecule has 2 heterocycles. The Hall–Kier alpha value is -2.36. The molecular weight excluding hydrogens is 406 g/mol. The Morgan fingerprint density at radius 3 is 2.43 bits per heavy atom. The zero-order valence-corrected chi connectivity index (χ0v) is 16.6. The summed E-state index contributed by atoms with van der Waals surface area (Å²) in [7, 11) is -3.55. The first-order valence-corrected chi connectivity index (χ1v) is 10.7. The zero-order valence-electron chi connectivity index (χ0n) is 15.0. The van der Waals surface area contributed by atoms with Gasteiger partial charge in [0.2, 0.25) is 10.0 Å². The number of nitrogens with one attached hydrogen (secondary N) is 1. The molecule has 150 valence electrons. The molecule has 1 aromatic carbocycles. The number of furan rings is 1. The first-order chi connectivity index (χ1) is 13.4. The van der Waals surface area contributed by atoms with Crippen LogP contribution in [0.15, 0.2) is 47.1 Å². The molecule has 2 amide bonds. The number of carbonyl (C=O) groups is 2. The Bertz CT molecular complexity index is 938. The van der Waals surface area contributed by atoms with Gasteiger partial charge < -0.3 is 14.6 Å². The van der Waals surface area contributed by atoms with Gasteiger partial charge in [-0.05, 0) is 24.3 Å². The van der Waals surface area contributed by atoms with Gasteiger partial charge in [0, 0.05) is 32.7 Å². The predicted molar refractivity (Wildman–Crippen MR) is 104 cm³/mol. The van der Waals surface area contributed by atoms with Crippen molar-refractivity contribution in [1.82, 2.24) is 14.5 Å². The number of carbonyl (C=O) groups excluding carboxylic acids is 2. The number of benzene rings is 1. The minimum absolute atomic E-state index is 0.0298. The van der Waals surface area contributed by atoms with Gasteiger partial charge in [0.15, 0.2) is 5.76 Å². The van der Waals surface area contributed by atoms with Crippen molar-refractivity contribution in [2.45, 2.75) is 0 Å². The van der Waals surface area contributed by atoms with E-state index in [-0.39, 0.29) is 50.1 Å². The Labute approximate surface area is 168 Å². The van der Waals surface area contributed by atoms with Crippen molar-refractivity contribution >= 4 is 33.4 Å². The number of halogens is 1. The van der Waals surface area contributed by atoms with Crippen LogP contribution in [0.3, 0.4) is 0 Å². The molecule has 0 aliphatic carbocycles. The van der Waals surface area contributed by atoms with Gasteiger partial charge in [0.25, 0.3) is 11.8 Å². The molecule has 0 unspecified atom stereocenters. The van der Waals surface area contributed by atoms with Gasteiger partial charge in [-0.2, -0.15) is 4.31 Å². The van der Waals surface area contributed by atoms with E-state index in [4.69, 9.17) is 16.0 Å². The lowest BCUT2D eigenvalue weighted by Gasteiger charge is -2.33. The molecular formula is C18H20ClN3O5S. The van der Waals surface area contributed by atoms with Crippen LogP contribution in [-0.2, 0) is 10.0 Å². The average Bonchev–Trinajstić information content (AvgIpc) is 3.22. The monoisotopic (exact) mass is 425 g/mol. The van der Waals surface area contributed by atoms with E-state index in [0.717, 1.165) is 0 Å². The molecule has 0 radical (unpaired) electrons. The number of rotatable bonds is 6. The second kappa shape index (κ2) is 8.76. The van der Waals surface area contributed by atoms with Crippen molar-refractivity contribution in [2.24, 2.45) is 0 Å². The van der Waals surface area contributed by atoms with Crippen LogP contribution in [0.5, 0.6) is 0 Å². The van der Waals surface area contributed by atoms with Crippen LogP contribution in [-0.4, -0.2) is 67.9 Å². The zero-order chi connectivity index (χ0) is 20.1. The summed E-state index contributed by atoms with van der Waals surface area (Å²) in [6, 6.07) is 9.76. The molecule has 0 spiro atoms. The molecule has 1 aliphatic rings. The summed E-state index contributed by atoms with van der Waals surface area (Å²) in [6.07, 6.45) is 1.42. The molecule has 3 rings (SSSR count). The molecule has 1 aromatic heterocycles. The standard InChI is InChI=1S/C18H20ClN3O5S/c19-15-5-2-1-4-14(15)17(23)20-7-13-28(25,26)22-10-8-21(9-11-22)18(24)16-6-3-12-27-16/h1-6,12H,7-11,13H2,(H,20,23). The Balaban J connectivity index is 1.48. The maximum absolute atomic E-state index is 12.5. The van der Waals surface area contributed by atoms with Crippen LogP contribution in [0.1, 0.15) is 20.9 Å². The number of hydrogen-bond acceptors (Lipinski definition) is 5. The van der Waals surface area contributed by atoms with Gasteiger partial charge in [-0.25, -0.2) is 8.42 Å². The maximum Gasteiger partial charge on any atom is 0.289 e. The molecule has 1 fully saturated rings. The number of hydrogen-bond donors (Lipinski definition) is 1. The highest BCUT2D eigenvalue weighted by molar-refractivity contribution is 7.89. The van der Waals surface area contributed by atoms with Crippen molar-refractivity contribution in [3.63, 3.8) is 0 Å². The second-order valence-electron chi connectivity index (χ2n) is 6.22. The average molecular weight is 426 g/mol. The van der Waals surface area contributed by atoms with E-state index in [9.17, 15) is 18.0 Å². The van der Waals surface area contributed by atoms with Gasteiger partial charge in [-0.1, -0.05) is 23.7 Å². The van der Waals surface area contributed by atoms with E-state index in [0.29, 0.717) is 10.6 Å². The fourth-order valence-electron chi connectivity index (χ4n) is 2.89. The van der Waals surface area contributed by atoms with E-state index in [1.165, 1.54) is 10.6 Å². The summed E-state index contributed by atoms with van der Waals surface area (Å²) in [6.45, 7) is 0.938. The van der Waals surface area contributed by atoms with Gasteiger partial charge in [-0.15, -0.1) is 0 Å². The largest absolute Gasteiger partial charge is 0.459 e. The molecule has 1 saturated heterocycles. The Morgan fingerprint density at radius 1 is 1.07 bits per heavy atom. The summed E-state index contributed by atoms with van der Waals surface area (Å²) in [5, 5.41) is 2.88. The third-order valence-corrected chi connectivity index (χ3v) is 6.62. The Morgan fingerprint density at radius 2 is 1.79 bits per heavy atom. The van der Waals surface area contributed by atoms with Crippen LogP contribution in [0.25, 0.3) is 0 Å². The third-order valence-electron chi connectivity index (χ3n) is 4.42. The lowest BCUT2D eigenvalue weighted by Crippen LogP contribution is -2.51. The topological polar surface area (TPSA) is 99.9 Å². The number of nitrogens with zero attached hydrogens (tertiary/aromatic N) is 2. The van der Waals surface area contributed by atoms with Crippen LogP contribution in [0, 0.1) is 0 Å². The second-order valence-corrected chi connectivity index (χ2v) is 8.72. The van der Waals surface area contributed by atoms with E-state index in [1.807, 2.05) is 0 Å². The highest BCUT2D eigenvalue weighted by Gasteiger charge is 2.29. The van der Waals surface area contributed by atoms with E-state index in [1.54, 1.807) is 41.3 Å². The van der Waals surface area contributed by atoms with Crippen LogP contribution in [0.4, 0.5) is 0 Å². The van der Waals surface area contributed by atoms with Crippen molar-refractivity contribution < 1.29 is 22.4 Å². The minimum Gasteiger partial charge on any atom is -0.459 e. The van der Waals surface area contributed by atoms with Crippen molar-refractivity contribution in [3.05, 3.63) is 59.0 Å². The van der Waals surface area contributed by atoms with Gasteiger partial charge in [0.1, 0.15) is 0 Å². The van der Waals surface area contributed by atoms with E-state index in [2.05, 4.69) is 5.32 Å². The normalized spacial score (nSPS) is 15.4. The summed E-state index contributed by atoms with van der Waals surface area (Å²) in [4.78, 5) is 25.9. The summed E-state index contributed by atoms with van der Waals surface area (Å²) >= 11 is 5.96. The number of sulfonamides is 1. The number of amides is 2. The summed E-state index contributed by atoms with van der Waals surface area (Å²) < 4.78 is 31.4. The molecule has 0 atom stereocenters.